The predicted octanol–water partition coefficient (Wildman–Crippen LogP) is -1.82. The molecule has 2 aliphatic rings. The number of H-pyrrole nitrogens is 2. The van der Waals surface area contributed by atoms with Gasteiger partial charge in [0.25, 0.3) is 17.7 Å². The van der Waals surface area contributed by atoms with Crippen LogP contribution in [-0.2, 0) is 76.8 Å². The van der Waals surface area contributed by atoms with Crippen molar-refractivity contribution in [3.8, 4) is 0 Å². The fourth-order valence-electron chi connectivity index (χ4n) is 11.8. The van der Waals surface area contributed by atoms with Gasteiger partial charge in [-0.25, -0.2) is 4.98 Å². The second-order valence-electron chi connectivity index (χ2n) is 26.5. The first-order chi connectivity index (χ1) is 50.0. The second-order valence-corrected chi connectivity index (χ2v) is 26.5. The number of aliphatic carboxylic acids is 1. The molecule has 4 heterocycles. The highest BCUT2D eigenvalue weighted by molar-refractivity contribution is 6.06. The number of imidazole rings is 1. The topological polar surface area (TPSA) is 515 Å². The number of hydrogen-bond acceptors (Lipinski definition) is 17. The number of amides is 14. The molecular weight excluding hydrogens is 1360 g/mol. The Morgan fingerprint density at radius 2 is 1.18 bits per heavy atom. The van der Waals surface area contributed by atoms with Crippen molar-refractivity contribution in [1.82, 2.24) is 83.7 Å². The molecule has 7 rings (SSSR count). The predicted molar refractivity (Wildman–Crippen MR) is 378 cm³/mol. The van der Waals surface area contributed by atoms with Gasteiger partial charge in [-0.2, -0.15) is 0 Å². The fraction of sp³-hybridized carbons (Fsp3) is 0.465. The number of aromatic amines is 2. The van der Waals surface area contributed by atoms with Crippen molar-refractivity contribution in [2.45, 2.75) is 179 Å². The summed E-state index contributed by atoms with van der Waals surface area (Å²) in [7, 11) is 0. The summed E-state index contributed by atoms with van der Waals surface area (Å²) in [6, 6.07) is 2.56. The Morgan fingerprint density at radius 3 is 1.82 bits per heavy atom. The third-order valence-electron chi connectivity index (χ3n) is 17.5. The Bertz CT molecular complexity index is 3980. The molecule has 2 aromatic heterocycles. The molecule has 0 saturated carbocycles. The highest BCUT2D eigenvalue weighted by Gasteiger charge is 2.38. The Hall–Kier alpha value is -11.6. The number of fused-ring (bicyclic) bond motifs is 9. The van der Waals surface area contributed by atoms with Crippen molar-refractivity contribution in [3.63, 3.8) is 0 Å². The van der Waals surface area contributed by atoms with Crippen LogP contribution in [0.1, 0.15) is 141 Å². The van der Waals surface area contributed by atoms with E-state index in [2.05, 4.69) is 78.8 Å². The first kappa shape index (κ1) is 80.7. The monoisotopic (exact) mass is 1460 g/mol. The van der Waals surface area contributed by atoms with Gasteiger partial charge in [0.2, 0.25) is 65.0 Å². The van der Waals surface area contributed by atoms with Crippen LogP contribution in [0.15, 0.2) is 91.5 Å². The summed E-state index contributed by atoms with van der Waals surface area (Å²) in [5, 5.41) is 52.7. The van der Waals surface area contributed by atoms with E-state index >= 15 is 0 Å². The van der Waals surface area contributed by atoms with Crippen LogP contribution in [0, 0.1) is 5.92 Å². The lowest BCUT2D eigenvalue weighted by Crippen LogP contribution is -2.62. The average Bonchev–Trinajstić information content (AvgIpc) is 1.74. The molecule has 0 saturated heterocycles. The van der Waals surface area contributed by atoms with Gasteiger partial charge in [-0.1, -0.05) is 82.1 Å². The Kier molecular flexibility index (Phi) is 29.7. The van der Waals surface area contributed by atoms with E-state index in [1.54, 1.807) is 74.6 Å². The number of nitrogens with two attached hydrogens (primary N) is 1. The molecule has 11 atom stereocenters. The lowest BCUT2D eigenvalue weighted by Gasteiger charge is -2.31. The summed E-state index contributed by atoms with van der Waals surface area (Å²) in [6.45, 7) is 7.42. The number of aromatic nitrogens is 3. The molecule has 34 nitrogen and oxygen atoms in total. The number of carbonyl (C=O) groups is 15. The number of aliphatic hydroxyl groups is 1. The molecule has 5 aromatic rings. The van der Waals surface area contributed by atoms with E-state index in [1.807, 2.05) is 6.92 Å². The maximum Gasteiger partial charge on any atom is 0.303 e. The standard InChI is InChI=1S/C71H93N17O17/c1-7-8-19-51-71(105)88(34-37(2)3)35-56(90)78-38(4)60(94)84-54(30-46-32-73-36-77-46)68(102)86-55(59(72)93)33-76-63(97)43-26-42-27-44(28-43)64(98)79-39(5)61(95)83-52(25-41-16-10-9-11-17-41)67(101)85-53(29-45-31-75-48-20-13-12-18-47(45)48)69(103)87-58(40(6)89)70(104)81-50(22-23-57(91)92)66(100)80-49(65(99)82-51)21-14-15-24-74-62(42)96/h9-13,16-18,20,26-28,31-32,36-40,49-55,58,75,89H,7-8,14-15,19,21-25,29-30,33-35H2,1-6H3,(H2,72,93)(H,73,77)(H,74,96)(H,76,97)(H,78,90)(H,79,98)(H,80,100)(H,81,104)(H,82,99)(H,83,95)(H,84,94)(H,85,101)(H,86,102)(H,87,103)(H,91,92). The molecule has 11 unspecified atom stereocenters. The molecular formula is C71H93N17O17. The van der Waals surface area contributed by atoms with Crippen LogP contribution in [0.4, 0.5) is 0 Å². The first-order valence-electron chi connectivity index (χ1n) is 34.8. The number of rotatable bonds is 16. The van der Waals surface area contributed by atoms with Crippen LogP contribution < -0.4 is 69.5 Å². The number of aliphatic hydroxyl groups excluding tert-OH is 1. The summed E-state index contributed by atoms with van der Waals surface area (Å²) >= 11 is 0. The highest BCUT2D eigenvalue weighted by Crippen LogP contribution is 2.21. The minimum atomic E-state index is -1.94. The zero-order valence-corrected chi connectivity index (χ0v) is 59.2. The molecule has 18 N–H and O–H groups in total. The van der Waals surface area contributed by atoms with E-state index in [9.17, 15) is 82.1 Å². The van der Waals surface area contributed by atoms with Crippen LogP contribution in [0.2, 0.25) is 0 Å². The molecule has 2 aliphatic heterocycles. The van der Waals surface area contributed by atoms with Gasteiger partial charge >= 0.3 is 5.97 Å². The van der Waals surface area contributed by atoms with Crippen molar-refractivity contribution in [2.24, 2.45) is 11.7 Å². The third kappa shape index (κ3) is 24.0. The van der Waals surface area contributed by atoms with Gasteiger partial charge in [-0.15, -0.1) is 0 Å². The fourth-order valence-corrected chi connectivity index (χ4v) is 11.8. The number of carboxylic acid groups (broad SMARTS) is 1. The summed E-state index contributed by atoms with van der Waals surface area (Å²) in [4.78, 5) is 225. The summed E-state index contributed by atoms with van der Waals surface area (Å²) in [5.74, 6) is -15.6. The molecule has 105 heavy (non-hydrogen) atoms. The number of carboxylic acids is 1. The van der Waals surface area contributed by atoms with Crippen molar-refractivity contribution in [3.05, 3.63) is 125 Å². The van der Waals surface area contributed by atoms with Gasteiger partial charge in [0, 0.05) is 91.0 Å². The number of carbonyl (C=O) groups excluding carboxylic acids is 14. The van der Waals surface area contributed by atoms with Crippen molar-refractivity contribution < 1.29 is 82.1 Å². The van der Waals surface area contributed by atoms with Crippen molar-refractivity contribution >= 4 is 99.6 Å². The zero-order chi connectivity index (χ0) is 76.6. The van der Waals surface area contributed by atoms with Gasteiger partial charge in [-0.3, -0.25) is 71.9 Å². The van der Waals surface area contributed by atoms with Gasteiger partial charge in [-0.05, 0) is 94.2 Å². The van der Waals surface area contributed by atoms with Crippen LogP contribution in [0.25, 0.3) is 10.9 Å². The zero-order valence-electron chi connectivity index (χ0n) is 59.2. The largest absolute Gasteiger partial charge is 0.481 e. The van der Waals surface area contributed by atoms with Crippen molar-refractivity contribution in [1.29, 1.82) is 0 Å². The number of benzene rings is 3. The molecule has 3 aromatic carbocycles. The van der Waals surface area contributed by atoms with E-state index in [4.69, 9.17) is 5.73 Å². The number of para-hydroxylation sites is 1. The minimum absolute atomic E-state index is 0.0101. The summed E-state index contributed by atoms with van der Waals surface area (Å²) in [6.07, 6.45) is 0.886. The van der Waals surface area contributed by atoms with E-state index in [0.29, 0.717) is 40.6 Å². The Morgan fingerprint density at radius 1 is 0.600 bits per heavy atom. The van der Waals surface area contributed by atoms with E-state index in [0.717, 1.165) is 25.1 Å². The van der Waals surface area contributed by atoms with Crippen LogP contribution in [0.3, 0.4) is 0 Å². The first-order valence-corrected chi connectivity index (χ1v) is 34.8. The molecule has 4 bridgehead atoms. The number of nitrogens with zero attached hydrogens (tertiary/aromatic N) is 2. The second kappa shape index (κ2) is 38.6. The average molecular weight is 1460 g/mol. The molecule has 0 fully saturated rings. The van der Waals surface area contributed by atoms with E-state index in [-0.39, 0.29) is 80.6 Å². The highest BCUT2D eigenvalue weighted by atomic mass is 16.4. The smallest absolute Gasteiger partial charge is 0.303 e. The third-order valence-corrected chi connectivity index (χ3v) is 17.5. The normalized spacial score (nSPS) is 23.7. The number of primary amides is 1. The minimum Gasteiger partial charge on any atom is -0.481 e. The molecule has 34 heteroatoms. The van der Waals surface area contributed by atoms with Gasteiger partial charge in [0.05, 0.1) is 19.0 Å². The summed E-state index contributed by atoms with van der Waals surface area (Å²) in [5.41, 5.74) is 6.68. The van der Waals surface area contributed by atoms with Gasteiger partial charge < -0.3 is 94.6 Å². The number of unbranched alkanes of at least 4 members (excludes halogenated alkanes) is 1. The lowest BCUT2D eigenvalue weighted by atomic mass is 10.0. The number of nitrogens with one attached hydrogen (secondary N) is 14. The maximum atomic E-state index is 15.0. The molecule has 0 radical (unpaired) electrons. The Labute approximate surface area is 604 Å². The van der Waals surface area contributed by atoms with Gasteiger partial charge in [0.1, 0.15) is 60.4 Å². The number of hydrogen-bond donors (Lipinski definition) is 17. The van der Waals surface area contributed by atoms with Crippen LogP contribution in [0.5, 0.6) is 0 Å². The van der Waals surface area contributed by atoms with E-state index in [1.165, 1.54) is 31.3 Å². The molecule has 0 aliphatic carbocycles. The van der Waals surface area contributed by atoms with Crippen LogP contribution in [-0.4, -0.2) is 211 Å². The SMILES string of the molecule is CCCCC1NC(=O)C2CCCCNC(=O)c3cc(cc(c3)C(=O)NC(C)C(=O)NC(Cc3ccccc3)C(=O)NC(Cc3c[nH]c4ccccc34)C(=O)NC(C(C)O)C(=O)NC(CCC(=O)O)C(=O)N2)C(=O)NCC(C(N)=O)NC(=O)C(Cc2cnc[nH]2)NC(=O)C(C)NC(=O)CN(CC(C)C)C1=O. The van der Waals surface area contributed by atoms with Gasteiger partial charge in [0.15, 0.2) is 0 Å². The Balaban J connectivity index is 1.35. The molecule has 0 spiro atoms. The quantitative estimate of drug-likeness (QED) is 0.0517. The lowest BCUT2D eigenvalue weighted by molar-refractivity contribution is -0.141. The maximum absolute atomic E-state index is 15.0. The van der Waals surface area contributed by atoms with Crippen LogP contribution >= 0.6 is 0 Å². The molecule has 564 valence electrons. The summed E-state index contributed by atoms with van der Waals surface area (Å²) < 4.78 is 0. The van der Waals surface area contributed by atoms with Crippen molar-refractivity contribution in [2.75, 3.05) is 26.2 Å². The molecule has 14 amide bonds. The van der Waals surface area contributed by atoms with E-state index < -0.39 is 181 Å².